The van der Waals surface area contributed by atoms with E-state index in [1.807, 2.05) is 30.3 Å². The number of carbonyl (C=O) groups is 2. The molecule has 1 saturated carbocycles. The van der Waals surface area contributed by atoms with Crippen molar-refractivity contribution in [2.75, 3.05) is 0 Å². The van der Waals surface area contributed by atoms with E-state index in [0.717, 1.165) is 29.9 Å². The quantitative estimate of drug-likeness (QED) is 0.819. The highest BCUT2D eigenvalue weighted by atomic mass is 16.8. The highest BCUT2D eigenvalue weighted by Gasteiger charge is 2.49. The topological polar surface area (TPSA) is 55.8 Å². The van der Waals surface area contributed by atoms with E-state index in [9.17, 15) is 9.59 Å². The summed E-state index contributed by atoms with van der Waals surface area (Å²) >= 11 is 0. The summed E-state index contributed by atoms with van der Waals surface area (Å²) in [5, 5.41) is 1.11. The maximum atomic E-state index is 11.9. The van der Waals surface area contributed by atoms with Crippen LogP contribution in [0.25, 0.3) is 0 Å². The van der Waals surface area contributed by atoms with Gasteiger partial charge in [-0.15, -0.1) is 5.06 Å². The summed E-state index contributed by atoms with van der Waals surface area (Å²) in [4.78, 5) is 28.5. The molecular weight excluding hydrogens is 246 g/mol. The van der Waals surface area contributed by atoms with E-state index in [-0.39, 0.29) is 24.5 Å². The van der Waals surface area contributed by atoms with Gasteiger partial charge in [0.2, 0.25) is 0 Å². The van der Waals surface area contributed by atoms with Gasteiger partial charge in [0, 0.05) is 0 Å². The van der Waals surface area contributed by atoms with E-state index in [4.69, 9.17) is 9.57 Å². The first-order chi connectivity index (χ1) is 9.25. The maximum absolute atomic E-state index is 11.9. The van der Waals surface area contributed by atoms with Gasteiger partial charge in [-0.25, -0.2) is 9.59 Å². The van der Waals surface area contributed by atoms with Gasteiger partial charge in [0.15, 0.2) is 0 Å². The molecule has 1 aliphatic carbocycles. The average Bonchev–Trinajstić information content (AvgIpc) is 3.02. The molecule has 19 heavy (non-hydrogen) atoms. The first-order valence-corrected chi connectivity index (χ1v) is 6.47. The van der Waals surface area contributed by atoms with Crippen molar-refractivity contribution in [2.45, 2.75) is 31.9 Å². The molecule has 0 bridgehead atoms. The molecule has 1 amide bonds. The Labute approximate surface area is 111 Å². The lowest BCUT2D eigenvalue weighted by atomic mass is 10.1. The number of amides is 1. The summed E-state index contributed by atoms with van der Waals surface area (Å²) in [6.07, 6.45) is 1.97. The molecule has 0 unspecified atom stereocenters. The third kappa shape index (κ3) is 2.28. The van der Waals surface area contributed by atoms with Crippen molar-refractivity contribution in [1.82, 2.24) is 5.06 Å². The lowest BCUT2D eigenvalue weighted by Crippen LogP contribution is -2.35. The second kappa shape index (κ2) is 4.91. The summed E-state index contributed by atoms with van der Waals surface area (Å²) in [5.74, 6) is -0.469. The number of benzene rings is 1. The van der Waals surface area contributed by atoms with E-state index in [2.05, 4.69) is 0 Å². The molecule has 1 heterocycles. The molecule has 1 aromatic rings. The van der Waals surface area contributed by atoms with Crippen LogP contribution in [0.3, 0.4) is 0 Å². The summed E-state index contributed by atoms with van der Waals surface area (Å²) < 4.78 is 5.18. The Kier molecular flexibility index (Phi) is 3.11. The Balaban J connectivity index is 1.60. The van der Waals surface area contributed by atoms with Gasteiger partial charge in [0.1, 0.15) is 6.61 Å². The number of hydrogen-bond acceptors (Lipinski definition) is 4. The van der Waals surface area contributed by atoms with Crippen LogP contribution in [-0.2, 0) is 21.0 Å². The van der Waals surface area contributed by atoms with Crippen LogP contribution in [-0.4, -0.2) is 23.2 Å². The molecule has 100 valence electrons. The molecule has 2 fully saturated rings. The summed E-state index contributed by atoms with van der Waals surface area (Å²) in [5.41, 5.74) is 0.907. The van der Waals surface area contributed by atoms with Crippen LogP contribution < -0.4 is 0 Å². The standard InChI is InChI=1S/C14H15NO4/c16-13-11-7-4-8-12(11)15(19-13)14(17)18-9-10-5-2-1-3-6-10/h1-3,5-6,11-12H,4,7-9H2/t11-,12+/m1/s1. The summed E-state index contributed by atoms with van der Waals surface area (Å²) in [7, 11) is 0. The fourth-order valence-electron chi connectivity index (χ4n) is 2.68. The minimum Gasteiger partial charge on any atom is -0.442 e. The van der Waals surface area contributed by atoms with E-state index >= 15 is 0 Å². The molecule has 2 aliphatic rings. The van der Waals surface area contributed by atoms with Crippen molar-refractivity contribution in [3.8, 4) is 0 Å². The van der Waals surface area contributed by atoms with Crippen LogP contribution in [0.2, 0.25) is 0 Å². The molecule has 5 nitrogen and oxygen atoms in total. The van der Waals surface area contributed by atoms with Crippen molar-refractivity contribution < 1.29 is 19.2 Å². The fourth-order valence-corrected chi connectivity index (χ4v) is 2.68. The minimum absolute atomic E-state index is 0.143. The normalized spacial score (nSPS) is 25.1. The van der Waals surface area contributed by atoms with E-state index in [0.29, 0.717) is 0 Å². The molecule has 1 aromatic carbocycles. The van der Waals surface area contributed by atoms with Crippen molar-refractivity contribution in [1.29, 1.82) is 0 Å². The van der Waals surface area contributed by atoms with Gasteiger partial charge >= 0.3 is 12.1 Å². The average molecular weight is 261 g/mol. The number of carbonyl (C=O) groups excluding carboxylic acids is 2. The molecule has 0 spiro atoms. The third-order valence-electron chi connectivity index (χ3n) is 3.66. The monoisotopic (exact) mass is 261 g/mol. The van der Waals surface area contributed by atoms with E-state index in [1.54, 1.807) is 0 Å². The highest BCUT2D eigenvalue weighted by Crippen LogP contribution is 2.36. The number of ether oxygens (including phenoxy) is 1. The minimum atomic E-state index is -0.577. The first kappa shape index (κ1) is 12.0. The molecule has 3 rings (SSSR count). The van der Waals surface area contributed by atoms with Crippen LogP contribution in [0.15, 0.2) is 30.3 Å². The van der Waals surface area contributed by atoms with E-state index < -0.39 is 6.09 Å². The van der Waals surface area contributed by atoms with Crippen LogP contribution in [0.5, 0.6) is 0 Å². The molecule has 1 saturated heterocycles. The van der Waals surface area contributed by atoms with Crippen LogP contribution in [0.4, 0.5) is 4.79 Å². The molecule has 0 N–H and O–H groups in total. The highest BCUT2D eigenvalue weighted by molar-refractivity contribution is 5.80. The molecule has 0 aromatic heterocycles. The number of hydrogen-bond donors (Lipinski definition) is 0. The second-order valence-electron chi connectivity index (χ2n) is 4.88. The predicted octanol–water partition coefficient (Wildman–Crippen LogP) is 2.27. The molecule has 1 aliphatic heterocycles. The van der Waals surface area contributed by atoms with Gasteiger partial charge in [-0.05, 0) is 18.4 Å². The van der Waals surface area contributed by atoms with Crippen molar-refractivity contribution in [2.24, 2.45) is 5.92 Å². The Bertz CT molecular complexity index is 487. The lowest BCUT2D eigenvalue weighted by molar-refractivity contribution is -0.169. The maximum Gasteiger partial charge on any atom is 0.443 e. The molecular formula is C14H15NO4. The van der Waals surface area contributed by atoms with Gasteiger partial charge in [-0.3, -0.25) is 0 Å². The Hall–Kier alpha value is -2.04. The van der Waals surface area contributed by atoms with E-state index in [1.165, 1.54) is 0 Å². The fraction of sp³-hybridized carbons (Fsp3) is 0.429. The Morgan fingerprint density at radius 3 is 2.89 bits per heavy atom. The number of rotatable bonds is 2. The van der Waals surface area contributed by atoms with Gasteiger partial charge in [0.05, 0.1) is 12.0 Å². The van der Waals surface area contributed by atoms with Crippen LogP contribution in [0, 0.1) is 5.92 Å². The molecule has 0 radical (unpaired) electrons. The summed E-state index contributed by atoms with van der Waals surface area (Å²) in [6, 6.07) is 9.27. The second-order valence-corrected chi connectivity index (χ2v) is 4.88. The largest absolute Gasteiger partial charge is 0.443 e. The van der Waals surface area contributed by atoms with Crippen LogP contribution in [0.1, 0.15) is 24.8 Å². The van der Waals surface area contributed by atoms with Crippen molar-refractivity contribution in [3.63, 3.8) is 0 Å². The first-order valence-electron chi connectivity index (χ1n) is 6.47. The SMILES string of the molecule is O=C1ON(C(=O)OCc2ccccc2)[C@H]2CCC[C@@H]12. The Morgan fingerprint density at radius 1 is 1.32 bits per heavy atom. The van der Waals surface area contributed by atoms with Crippen LogP contribution >= 0.6 is 0 Å². The lowest BCUT2D eigenvalue weighted by Gasteiger charge is -2.19. The number of hydroxylamine groups is 2. The number of nitrogens with zero attached hydrogens (tertiary/aromatic N) is 1. The van der Waals surface area contributed by atoms with Gasteiger partial charge < -0.3 is 9.57 Å². The third-order valence-corrected chi connectivity index (χ3v) is 3.66. The van der Waals surface area contributed by atoms with Crippen molar-refractivity contribution >= 4 is 12.1 Å². The zero-order valence-electron chi connectivity index (χ0n) is 10.5. The van der Waals surface area contributed by atoms with Crippen molar-refractivity contribution in [3.05, 3.63) is 35.9 Å². The predicted molar refractivity (Wildman–Crippen MR) is 65.7 cm³/mol. The molecule has 2 atom stereocenters. The molecule has 5 heteroatoms. The summed E-state index contributed by atoms with van der Waals surface area (Å²) in [6.45, 7) is 0.186. The smallest absolute Gasteiger partial charge is 0.442 e. The Morgan fingerprint density at radius 2 is 2.11 bits per heavy atom. The van der Waals surface area contributed by atoms with Gasteiger partial charge in [-0.1, -0.05) is 36.8 Å². The zero-order valence-corrected chi connectivity index (χ0v) is 10.5. The van der Waals surface area contributed by atoms with Gasteiger partial charge in [0.25, 0.3) is 0 Å². The van der Waals surface area contributed by atoms with Gasteiger partial charge in [-0.2, -0.15) is 0 Å². The number of fused-ring (bicyclic) bond motifs is 1. The zero-order chi connectivity index (χ0) is 13.2.